The van der Waals surface area contributed by atoms with Crippen LogP contribution in [0.2, 0.25) is 0 Å². The number of likely N-dealkylation sites (tertiary alicyclic amines) is 1. The fourth-order valence-corrected chi connectivity index (χ4v) is 3.84. The van der Waals surface area contributed by atoms with E-state index in [9.17, 15) is 0 Å². The summed E-state index contributed by atoms with van der Waals surface area (Å²) in [6.45, 7) is 4.55. The highest BCUT2D eigenvalue weighted by atomic mass is 32.1. The number of hydrogen-bond acceptors (Lipinski definition) is 5. The first-order chi connectivity index (χ1) is 12.3. The number of pyridine rings is 1. The molecular formula is C18H21N5OS. The highest BCUT2D eigenvalue weighted by Crippen LogP contribution is 2.32. The summed E-state index contributed by atoms with van der Waals surface area (Å²) < 4.78 is 10.2. The minimum Gasteiger partial charge on any atom is -0.461 e. The van der Waals surface area contributed by atoms with Gasteiger partial charge in [0.1, 0.15) is 0 Å². The lowest BCUT2D eigenvalue weighted by atomic mass is 10.1. The van der Waals surface area contributed by atoms with E-state index in [-0.39, 0.29) is 0 Å². The summed E-state index contributed by atoms with van der Waals surface area (Å²) in [5.74, 6) is 1.53. The molecule has 0 radical (unpaired) electrons. The van der Waals surface area contributed by atoms with Crippen molar-refractivity contribution in [3.05, 3.63) is 53.3 Å². The van der Waals surface area contributed by atoms with Crippen molar-refractivity contribution in [1.29, 1.82) is 0 Å². The van der Waals surface area contributed by atoms with Crippen LogP contribution in [-0.4, -0.2) is 30.8 Å². The van der Waals surface area contributed by atoms with E-state index in [4.69, 9.17) is 21.7 Å². The molecule has 130 valence electrons. The molecule has 0 aromatic carbocycles. The molecule has 25 heavy (non-hydrogen) atoms. The molecule has 4 rings (SSSR count). The largest absolute Gasteiger partial charge is 0.461 e. The molecule has 4 heterocycles. The maximum Gasteiger partial charge on any atom is 0.199 e. The smallest absolute Gasteiger partial charge is 0.199 e. The van der Waals surface area contributed by atoms with Crippen LogP contribution in [0.4, 0.5) is 0 Å². The summed E-state index contributed by atoms with van der Waals surface area (Å²) in [6.07, 6.45) is 7.75. The Labute approximate surface area is 151 Å². The molecular weight excluding hydrogens is 334 g/mol. The summed E-state index contributed by atoms with van der Waals surface area (Å²) >= 11 is 5.66. The molecule has 3 aromatic rings. The zero-order valence-electron chi connectivity index (χ0n) is 14.2. The van der Waals surface area contributed by atoms with Gasteiger partial charge in [0.15, 0.2) is 16.4 Å². The second-order valence-electron chi connectivity index (χ2n) is 6.23. The van der Waals surface area contributed by atoms with E-state index in [0.29, 0.717) is 12.7 Å². The molecule has 1 unspecified atom stereocenters. The van der Waals surface area contributed by atoms with E-state index in [1.165, 1.54) is 12.0 Å². The molecule has 6 nitrogen and oxygen atoms in total. The van der Waals surface area contributed by atoms with E-state index >= 15 is 0 Å². The number of aromatic nitrogens is 4. The van der Waals surface area contributed by atoms with Crippen LogP contribution in [0.3, 0.4) is 0 Å². The Hall–Kier alpha value is -2.25. The van der Waals surface area contributed by atoms with Gasteiger partial charge in [-0.2, -0.15) is 0 Å². The second-order valence-corrected chi connectivity index (χ2v) is 6.59. The lowest BCUT2D eigenvalue weighted by Crippen LogP contribution is -2.27. The highest BCUT2D eigenvalue weighted by molar-refractivity contribution is 7.71. The Balaban J connectivity index is 1.64. The summed E-state index contributed by atoms with van der Waals surface area (Å²) in [6, 6.07) is 8.31. The lowest BCUT2D eigenvalue weighted by molar-refractivity contribution is 0.189. The number of furan rings is 1. The van der Waals surface area contributed by atoms with E-state index in [2.05, 4.69) is 22.9 Å². The second kappa shape index (κ2) is 6.93. The molecule has 0 N–H and O–H groups in total. The summed E-state index contributed by atoms with van der Waals surface area (Å²) in [5, 5.41) is 4.74. The normalized spacial score (nSPS) is 18.0. The molecule has 0 aliphatic carbocycles. The monoisotopic (exact) mass is 355 g/mol. The molecule has 1 saturated heterocycles. The maximum absolute atomic E-state index is 5.66. The van der Waals surface area contributed by atoms with E-state index in [1.807, 2.05) is 39.8 Å². The van der Waals surface area contributed by atoms with Gasteiger partial charge in [-0.15, -0.1) is 5.10 Å². The first kappa shape index (κ1) is 16.2. The van der Waals surface area contributed by atoms with Gasteiger partial charge >= 0.3 is 0 Å². The molecule has 0 saturated carbocycles. The maximum atomic E-state index is 5.66. The molecule has 0 amide bonds. The SMILES string of the molecule is CCn1c(-c2ccco2)nn(CN2CCCC2c2cccnc2)c1=S. The fraction of sp³-hybridized carbons (Fsp3) is 0.389. The van der Waals surface area contributed by atoms with Crippen molar-refractivity contribution in [1.82, 2.24) is 24.2 Å². The van der Waals surface area contributed by atoms with Gasteiger partial charge in [0.05, 0.1) is 12.9 Å². The van der Waals surface area contributed by atoms with Gasteiger partial charge in [0.2, 0.25) is 0 Å². The third-order valence-electron chi connectivity index (χ3n) is 4.73. The predicted molar refractivity (Wildman–Crippen MR) is 97.3 cm³/mol. The molecule has 3 aromatic heterocycles. The van der Waals surface area contributed by atoms with Crippen LogP contribution >= 0.6 is 12.2 Å². The van der Waals surface area contributed by atoms with E-state index < -0.39 is 0 Å². The van der Waals surface area contributed by atoms with Gasteiger partial charge < -0.3 is 4.42 Å². The Bertz CT molecular complexity index is 884. The summed E-state index contributed by atoms with van der Waals surface area (Å²) in [4.78, 5) is 6.69. The minimum atomic E-state index is 0.370. The van der Waals surface area contributed by atoms with Crippen molar-refractivity contribution in [2.75, 3.05) is 6.54 Å². The van der Waals surface area contributed by atoms with Crippen LogP contribution in [0, 0.1) is 4.77 Å². The standard InChI is InChI=1S/C18H21N5OS/c1-2-22-17(16-8-5-11-24-16)20-23(18(22)25)13-21-10-4-7-15(21)14-6-3-9-19-12-14/h3,5-6,8-9,11-12,15H,2,4,7,10,13H2,1H3. The zero-order valence-corrected chi connectivity index (χ0v) is 15.0. The van der Waals surface area contributed by atoms with Gasteiger partial charge in [0.25, 0.3) is 0 Å². The minimum absolute atomic E-state index is 0.370. The average Bonchev–Trinajstić information content (AvgIpc) is 3.37. The van der Waals surface area contributed by atoms with Gasteiger partial charge in [-0.25, -0.2) is 4.68 Å². The van der Waals surface area contributed by atoms with Gasteiger partial charge in [-0.1, -0.05) is 6.07 Å². The summed E-state index contributed by atoms with van der Waals surface area (Å²) in [5.41, 5.74) is 1.26. The lowest BCUT2D eigenvalue weighted by Gasteiger charge is -2.24. The van der Waals surface area contributed by atoms with Gasteiger partial charge in [0, 0.05) is 31.5 Å². The Kier molecular flexibility index (Phi) is 4.50. The first-order valence-corrected chi connectivity index (χ1v) is 9.04. The molecule has 7 heteroatoms. The fourth-order valence-electron chi connectivity index (χ4n) is 3.52. The summed E-state index contributed by atoms with van der Waals surface area (Å²) in [7, 11) is 0. The third-order valence-corrected chi connectivity index (χ3v) is 5.16. The topological polar surface area (TPSA) is 52.0 Å². The Morgan fingerprint density at radius 1 is 1.32 bits per heavy atom. The number of nitrogens with zero attached hydrogens (tertiary/aromatic N) is 5. The molecule has 1 aliphatic rings. The quantitative estimate of drug-likeness (QED) is 0.650. The molecule has 1 atom stereocenters. The van der Waals surface area contributed by atoms with Crippen LogP contribution in [0.1, 0.15) is 31.4 Å². The van der Waals surface area contributed by atoms with Crippen molar-refractivity contribution in [3.8, 4) is 11.6 Å². The van der Waals surface area contributed by atoms with Crippen molar-refractivity contribution >= 4 is 12.2 Å². The van der Waals surface area contributed by atoms with E-state index in [1.54, 1.807) is 6.26 Å². The number of rotatable bonds is 5. The van der Waals surface area contributed by atoms with Gasteiger partial charge in [-0.05, 0) is 55.7 Å². The predicted octanol–water partition coefficient (Wildman–Crippen LogP) is 3.88. The van der Waals surface area contributed by atoms with Crippen molar-refractivity contribution in [2.45, 2.75) is 39.0 Å². The van der Waals surface area contributed by atoms with Crippen LogP contribution < -0.4 is 0 Å². The Morgan fingerprint density at radius 3 is 2.96 bits per heavy atom. The van der Waals surface area contributed by atoms with Crippen molar-refractivity contribution in [3.63, 3.8) is 0 Å². The highest BCUT2D eigenvalue weighted by Gasteiger charge is 2.27. The first-order valence-electron chi connectivity index (χ1n) is 8.63. The number of hydrogen-bond donors (Lipinski definition) is 0. The van der Waals surface area contributed by atoms with E-state index in [0.717, 1.165) is 35.9 Å². The third kappa shape index (κ3) is 3.05. The van der Waals surface area contributed by atoms with Gasteiger partial charge in [-0.3, -0.25) is 14.5 Å². The average molecular weight is 355 g/mol. The molecule has 0 bridgehead atoms. The zero-order chi connectivity index (χ0) is 17.2. The van der Waals surface area contributed by atoms with Crippen LogP contribution in [0.5, 0.6) is 0 Å². The molecule has 1 fully saturated rings. The van der Waals surface area contributed by atoms with Crippen molar-refractivity contribution in [2.24, 2.45) is 0 Å². The van der Waals surface area contributed by atoms with Crippen LogP contribution in [0.25, 0.3) is 11.6 Å². The van der Waals surface area contributed by atoms with Crippen LogP contribution in [-0.2, 0) is 13.2 Å². The molecule has 1 aliphatic heterocycles. The van der Waals surface area contributed by atoms with Crippen molar-refractivity contribution < 1.29 is 4.42 Å². The molecule has 0 spiro atoms. The Morgan fingerprint density at radius 2 is 2.24 bits per heavy atom. The van der Waals surface area contributed by atoms with Crippen LogP contribution in [0.15, 0.2) is 47.3 Å².